The molecule has 2 nitrogen and oxygen atoms in total. The third-order valence-electron chi connectivity index (χ3n) is 3.46. The van der Waals surface area contributed by atoms with E-state index in [1.165, 1.54) is 6.20 Å². The quantitative estimate of drug-likeness (QED) is 0.687. The summed E-state index contributed by atoms with van der Waals surface area (Å²) in [5.74, 6) is 0.837. The van der Waals surface area contributed by atoms with Crippen LogP contribution in [-0.4, -0.2) is 18.9 Å². The molecule has 1 aromatic heterocycles. The van der Waals surface area contributed by atoms with Crippen molar-refractivity contribution in [1.82, 2.24) is 4.59 Å². The predicted octanol–water partition coefficient (Wildman–Crippen LogP) is 5.08. The van der Waals surface area contributed by atoms with Crippen LogP contribution in [0.2, 0.25) is 0 Å². The lowest BCUT2D eigenvalue weighted by molar-refractivity contribution is -0.0584. The highest BCUT2D eigenvalue weighted by Crippen LogP contribution is 2.41. The lowest BCUT2D eigenvalue weighted by Gasteiger charge is -2.22. The molecule has 2 heterocycles. The molecular formula is C15H19F3N2S+. The molecule has 21 heavy (non-hydrogen) atoms. The Kier molecular flexibility index (Phi) is 4.31. The minimum Gasteiger partial charge on any atom is -0.164 e. The molecule has 0 saturated carbocycles. The van der Waals surface area contributed by atoms with Crippen LogP contribution >= 0.6 is 11.3 Å². The molecule has 1 radical (unpaired) electrons. The van der Waals surface area contributed by atoms with Crippen molar-refractivity contribution in [3.63, 3.8) is 0 Å². The van der Waals surface area contributed by atoms with E-state index in [4.69, 9.17) is 0 Å². The van der Waals surface area contributed by atoms with Crippen LogP contribution in [0.5, 0.6) is 0 Å². The zero-order chi connectivity index (χ0) is 15.8. The summed E-state index contributed by atoms with van der Waals surface area (Å²) >= 11 is 1.58. The summed E-state index contributed by atoms with van der Waals surface area (Å²) in [5.41, 5.74) is -0.140. The van der Waals surface area contributed by atoms with Crippen molar-refractivity contribution in [2.24, 2.45) is 11.0 Å². The van der Waals surface area contributed by atoms with Gasteiger partial charge >= 0.3 is 6.18 Å². The van der Waals surface area contributed by atoms with Crippen LogP contribution in [0.15, 0.2) is 22.7 Å². The zero-order valence-corrected chi connectivity index (χ0v) is 13.3. The number of thiophene rings is 1. The molecule has 0 aromatic carbocycles. The maximum absolute atomic E-state index is 12.8. The van der Waals surface area contributed by atoms with Crippen molar-refractivity contribution in [3.8, 4) is 0 Å². The second-order valence-electron chi connectivity index (χ2n) is 5.95. The van der Waals surface area contributed by atoms with Crippen LogP contribution < -0.4 is 4.59 Å². The van der Waals surface area contributed by atoms with E-state index in [0.717, 1.165) is 17.0 Å². The van der Waals surface area contributed by atoms with Crippen molar-refractivity contribution in [1.29, 1.82) is 0 Å². The number of halogens is 3. The van der Waals surface area contributed by atoms with E-state index in [9.17, 15) is 13.2 Å². The SMILES string of the molecule is CC(C)CC(C)c1sccc1[N+]1(C)C=[C]C(C(F)(F)F)=N1. The molecule has 115 valence electrons. The minimum atomic E-state index is -4.45. The van der Waals surface area contributed by atoms with Gasteiger partial charge in [-0.3, -0.25) is 0 Å². The van der Waals surface area contributed by atoms with Gasteiger partial charge in [0, 0.05) is 6.07 Å². The van der Waals surface area contributed by atoms with Gasteiger partial charge in [0.2, 0.25) is 5.71 Å². The van der Waals surface area contributed by atoms with E-state index < -0.39 is 11.9 Å². The van der Waals surface area contributed by atoms with Gasteiger partial charge in [0.25, 0.3) is 0 Å². The summed E-state index contributed by atoms with van der Waals surface area (Å²) in [4.78, 5) is 1.09. The second-order valence-corrected chi connectivity index (χ2v) is 6.89. The van der Waals surface area contributed by atoms with Gasteiger partial charge in [-0.25, -0.2) is 0 Å². The first-order chi connectivity index (χ1) is 9.63. The Morgan fingerprint density at radius 1 is 1.33 bits per heavy atom. The van der Waals surface area contributed by atoms with Crippen molar-refractivity contribution < 1.29 is 13.2 Å². The van der Waals surface area contributed by atoms with Gasteiger partial charge in [0.15, 0.2) is 5.69 Å². The van der Waals surface area contributed by atoms with Gasteiger partial charge in [-0.05, 0) is 23.6 Å². The van der Waals surface area contributed by atoms with Crippen molar-refractivity contribution in [3.05, 3.63) is 28.6 Å². The molecule has 1 aromatic rings. The highest BCUT2D eigenvalue weighted by Gasteiger charge is 2.44. The summed E-state index contributed by atoms with van der Waals surface area (Å²) in [6.07, 6.45) is 0.175. The number of alkyl halides is 3. The van der Waals surface area contributed by atoms with E-state index in [0.29, 0.717) is 11.8 Å². The molecule has 1 aliphatic heterocycles. The normalized spacial score (nSPS) is 23.7. The maximum atomic E-state index is 12.8. The van der Waals surface area contributed by atoms with Crippen molar-refractivity contribution in [2.75, 3.05) is 7.05 Å². The summed E-state index contributed by atoms with van der Waals surface area (Å²) in [6, 6.07) is 1.86. The summed E-state index contributed by atoms with van der Waals surface area (Å²) < 4.78 is 38.1. The molecule has 2 rings (SSSR count). The molecule has 6 heteroatoms. The van der Waals surface area contributed by atoms with Crippen LogP contribution in [0, 0.1) is 12.0 Å². The molecule has 0 bridgehead atoms. The Balaban J connectivity index is 2.34. The minimum absolute atomic E-state index is 0.212. The van der Waals surface area contributed by atoms with Crippen molar-refractivity contribution >= 4 is 22.7 Å². The lowest BCUT2D eigenvalue weighted by atomic mass is 9.96. The maximum Gasteiger partial charge on any atom is 0.439 e. The Morgan fingerprint density at radius 3 is 2.52 bits per heavy atom. The number of nitrogens with zero attached hydrogens (tertiary/aromatic N) is 2. The molecule has 0 amide bonds. The smallest absolute Gasteiger partial charge is 0.164 e. The van der Waals surface area contributed by atoms with Gasteiger partial charge in [-0.15, -0.1) is 15.9 Å². The third kappa shape index (κ3) is 3.37. The monoisotopic (exact) mass is 316 g/mol. The van der Waals surface area contributed by atoms with Gasteiger partial charge < -0.3 is 0 Å². The average molecular weight is 316 g/mol. The Bertz CT molecular complexity index is 572. The lowest BCUT2D eigenvalue weighted by Crippen LogP contribution is -2.32. The second kappa shape index (κ2) is 5.57. The molecule has 2 atom stereocenters. The molecule has 1 aliphatic rings. The number of hydrogen-bond donors (Lipinski definition) is 0. The number of hydrogen-bond acceptors (Lipinski definition) is 2. The number of quaternary nitrogens is 1. The highest BCUT2D eigenvalue weighted by atomic mass is 32.1. The van der Waals surface area contributed by atoms with Crippen LogP contribution in [0.3, 0.4) is 0 Å². The molecule has 0 aliphatic carbocycles. The van der Waals surface area contributed by atoms with Crippen molar-refractivity contribution in [2.45, 2.75) is 39.3 Å². The van der Waals surface area contributed by atoms with E-state index in [1.807, 2.05) is 11.4 Å². The number of rotatable bonds is 4. The first-order valence-corrected chi connectivity index (χ1v) is 7.74. The largest absolute Gasteiger partial charge is 0.439 e. The number of allylic oxidation sites excluding steroid dienone is 1. The first kappa shape index (κ1) is 16.2. The third-order valence-corrected chi connectivity index (χ3v) is 4.60. The van der Waals surface area contributed by atoms with E-state index in [2.05, 4.69) is 31.9 Å². The van der Waals surface area contributed by atoms with Crippen LogP contribution in [-0.2, 0) is 0 Å². The topological polar surface area (TPSA) is 12.4 Å². The Morgan fingerprint density at radius 2 is 2.00 bits per heavy atom. The molecular weight excluding hydrogens is 297 g/mol. The molecule has 0 saturated heterocycles. The van der Waals surface area contributed by atoms with E-state index >= 15 is 0 Å². The van der Waals surface area contributed by atoms with E-state index in [1.54, 1.807) is 18.4 Å². The fraction of sp³-hybridized carbons (Fsp3) is 0.533. The molecule has 0 fully saturated rings. The summed E-state index contributed by atoms with van der Waals surface area (Å²) in [7, 11) is 1.65. The Labute approximate surface area is 127 Å². The van der Waals surface area contributed by atoms with Gasteiger partial charge in [0.1, 0.15) is 13.2 Å². The zero-order valence-electron chi connectivity index (χ0n) is 12.5. The summed E-state index contributed by atoms with van der Waals surface area (Å²) in [6.45, 7) is 6.40. The van der Waals surface area contributed by atoms with Crippen LogP contribution in [0.25, 0.3) is 0 Å². The van der Waals surface area contributed by atoms with Crippen LogP contribution in [0.1, 0.15) is 38.0 Å². The average Bonchev–Trinajstić information content (AvgIpc) is 2.93. The van der Waals surface area contributed by atoms with Gasteiger partial charge in [-0.2, -0.15) is 13.2 Å². The Hall–Kier alpha value is -1.14. The fourth-order valence-electron chi connectivity index (χ4n) is 2.59. The highest BCUT2D eigenvalue weighted by molar-refractivity contribution is 7.10. The van der Waals surface area contributed by atoms with Gasteiger partial charge in [-0.1, -0.05) is 25.9 Å². The molecule has 0 spiro atoms. The fourth-order valence-corrected chi connectivity index (χ4v) is 3.63. The van der Waals surface area contributed by atoms with Gasteiger partial charge in [0.05, 0.1) is 11.0 Å². The van der Waals surface area contributed by atoms with Crippen LogP contribution in [0.4, 0.5) is 18.9 Å². The molecule has 2 unspecified atom stereocenters. The van der Waals surface area contributed by atoms with E-state index in [-0.39, 0.29) is 4.59 Å². The summed E-state index contributed by atoms with van der Waals surface area (Å²) in [5, 5.41) is 5.74. The standard InChI is InChI=1S/C15H19F3N2S/c1-10(2)9-11(3)14-12(6-8-21-14)20(4)7-5-13(19-20)15(16,17)18/h6-8,10-11H,9H2,1-4H3/q+1. The molecule has 0 N–H and O–H groups in total. The first-order valence-electron chi connectivity index (χ1n) is 6.86. The predicted molar refractivity (Wildman–Crippen MR) is 81.2 cm³/mol.